The summed E-state index contributed by atoms with van der Waals surface area (Å²) in [5.74, 6) is 1.00. The molecule has 0 saturated heterocycles. The number of para-hydroxylation sites is 1. The van der Waals surface area contributed by atoms with Crippen molar-refractivity contribution in [2.75, 3.05) is 5.32 Å². The zero-order chi connectivity index (χ0) is 10.1. The van der Waals surface area contributed by atoms with Crippen molar-refractivity contribution in [3.05, 3.63) is 53.7 Å². The molecule has 0 amide bonds. The SMILES string of the molecule is c1ccc2c(c1)CCc1cccnc1N2. The second-order valence-electron chi connectivity index (χ2n) is 3.79. The number of nitrogens with zero attached hydrogens (tertiary/aromatic N) is 1. The Morgan fingerprint density at radius 3 is 2.73 bits per heavy atom. The number of pyridine rings is 1. The van der Waals surface area contributed by atoms with Crippen molar-refractivity contribution in [3.63, 3.8) is 0 Å². The molecule has 74 valence electrons. The first-order chi connectivity index (χ1) is 7.43. The van der Waals surface area contributed by atoms with E-state index in [-0.39, 0.29) is 0 Å². The van der Waals surface area contributed by atoms with Crippen LogP contribution in [-0.2, 0) is 12.8 Å². The van der Waals surface area contributed by atoms with Crippen LogP contribution < -0.4 is 5.32 Å². The van der Waals surface area contributed by atoms with E-state index in [1.54, 1.807) is 0 Å². The van der Waals surface area contributed by atoms with Gasteiger partial charge in [0.1, 0.15) is 5.82 Å². The van der Waals surface area contributed by atoms with Crippen molar-refractivity contribution in [1.29, 1.82) is 0 Å². The zero-order valence-corrected chi connectivity index (χ0v) is 8.40. The van der Waals surface area contributed by atoms with Crippen molar-refractivity contribution in [1.82, 2.24) is 4.98 Å². The summed E-state index contributed by atoms with van der Waals surface area (Å²) in [5.41, 5.74) is 3.86. The molecule has 1 aliphatic rings. The minimum absolute atomic E-state index is 1.00. The molecule has 1 aromatic heterocycles. The second-order valence-corrected chi connectivity index (χ2v) is 3.79. The molecule has 2 nitrogen and oxygen atoms in total. The van der Waals surface area contributed by atoms with Crippen LogP contribution in [-0.4, -0.2) is 4.98 Å². The van der Waals surface area contributed by atoms with Crippen molar-refractivity contribution in [2.24, 2.45) is 0 Å². The molecular weight excluding hydrogens is 184 g/mol. The second kappa shape index (κ2) is 3.39. The van der Waals surface area contributed by atoms with E-state index in [2.05, 4.69) is 40.6 Å². The van der Waals surface area contributed by atoms with Crippen LogP contribution in [0.3, 0.4) is 0 Å². The van der Waals surface area contributed by atoms with Gasteiger partial charge in [0.2, 0.25) is 0 Å². The lowest BCUT2D eigenvalue weighted by atomic mass is 10.1. The number of fused-ring (bicyclic) bond motifs is 2. The molecule has 2 heteroatoms. The van der Waals surface area contributed by atoms with Crippen molar-refractivity contribution in [2.45, 2.75) is 12.8 Å². The molecule has 2 aromatic rings. The maximum absolute atomic E-state index is 4.37. The van der Waals surface area contributed by atoms with Gasteiger partial charge in [-0.1, -0.05) is 24.3 Å². The Bertz CT molecular complexity index is 446. The Hall–Kier alpha value is -1.83. The molecular formula is C13H12N2. The molecule has 0 aliphatic carbocycles. The topological polar surface area (TPSA) is 24.9 Å². The number of anilines is 2. The van der Waals surface area contributed by atoms with Crippen LogP contribution in [0.25, 0.3) is 0 Å². The van der Waals surface area contributed by atoms with E-state index in [1.807, 2.05) is 12.3 Å². The van der Waals surface area contributed by atoms with Crippen molar-refractivity contribution >= 4 is 11.5 Å². The average molecular weight is 196 g/mol. The highest BCUT2D eigenvalue weighted by Crippen LogP contribution is 2.27. The van der Waals surface area contributed by atoms with Gasteiger partial charge in [-0.05, 0) is 36.1 Å². The highest BCUT2D eigenvalue weighted by atomic mass is 15.0. The number of aromatic nitrogens is 1. The van der Waals surface area contributed by atoms with E-state index >= 15 is 0 Å². The fourth-order valence-electron chi connectivity index (χ4n) is 2.01. The van der Waals surface area contributed by atoms with Crippen LogP contribution >= 0.6 is 0 Å². The van der Waals surface area contributed by atoms with Crippen LogP contribution in [0.5, 0.6) is 0 Å². The molecule has 0 unspecified atom stereocenters. The molecule has 0 fully saturated rings. The number of hydrogen-bond donors (Lipinski definition) is 1. The molecule has 2 heterocycles. The van der Waals surface area contributed by atoms with E-state index in [0.717, 1.165) is 18.7 Å². The minimum atomic E-state index is 1.00. The molecule has 1 aromatic carbocycles. The Kier molecular flexibility index (Phi) is 1.91. The number of rotatable bonds is 0. The largest absolute Gasteiger partial charge is 0.340 e. The van der Waals surface area contributed by atoms with E-state index in [9.17, 15) is 0 Å². The summed E-state index contributed by atoms with van der Waals surface area (Å²) in [7, 11) is 0. The van der Waals surface area contributed by atoms with Crippen molar-refractivity contribution in [3.8, 4) is 0 Å². The monoisotopic (exact) mass is 196 g/mol. The van der Waals surface area contributed by atoms with Crippen LogP contribution in [0, 0.1) is 0 Å². The molecule has 0 bridgehead atoms. The van der Waals surface area contributed by atoms with Gasteiger partial charge in [-0.2, -0.15) is 0 Å². The van der Waals surface area contributed by atoms with Gasteiger partial charge >= 0.3 is 0 Å². The Morgan fingerprint density at radius 2 is 1.73 bits per heavy atom. The third-order valence-electron chi connectivity index (χ3n) is 2.83. The lowest BCUT2D eigenvalue weighted by Gasteiger charge is -2.07. The summed E-state index contributed by atoms with van der Waals surface area (Å²) in [6, 6.07) is 12.6. The molecule has 1 N–H and O–H groups in total. The first-order valence-electron chi connectivity index (χ1n) is 5.22. The Labute approximate surface area is 89.0 Å². The standard InChI is InChI=1S/C13H12N2/c1-2-6-12-10(4-1)7-8-11-5-3-9-14-13(11)15-12/h1-6,9H,7-8H2,(H,14,15). The number of benzene rings is 1. The average Bonchev–Trinajstić information content (AvgIpc) is 2.48. The molecule has 3 rings (SSSR count). The van der Waals surface area contributed by atoms with Crippen LogP contribution in [0.2, 0.25) is 0 Å². The third kappa shape index (κ3) is 1.48. The maximum Gasteiger partial charge on any atom is 0.133 e. The summed E-state index contributed by atoms with van der Waals surface area (Å²) < 4.78 is 0. The Balaban J connectivity index is 2.10. The van der Waals surface area contributed by atoms with Gasteiger partial charge in [0.15, 0.2) is 0 Å². The van der Waals surface area contributed by atoms with Gasteiger partial charge in [0, 0.05) is 11.9 Å². The fourth-order valence-corrected chi connectivity index (χ4v) is 2.01. The Morgan fingerprint density at radius 1 is 0.933 bits per heavy atom. The summed E-state index contributed by atoms with van der Waals surface area (Å²) in [6.07, 6.45) is 3.98. The predicted molar refractivity (Wildman–Crippen MR) is 61.4 cm³/mol. The van der Waals surface area contributed by atoms with E-state index in [1.165, 1.54) is 16.8 Å². The summed E-state index contributed by atoms with van der Waals surface area (Å²) >= 11 is 0. The lowest BCUT2D eigenvalue weighted by molar-refractivity contribution is 0.971. The third-order valence-corrected chi connectivity index (χ3v) is 2.83. The molecule has 15 heavy (non-hydrogen) atoms. The first-order valence-corrected chi connectivity index (χ1v) is 5.22. The van der Waals surface area contributed by atoms with Crippen molar-refractivity contribution < 1.29 is 0 Å². The van der Waals surface area contributed by atoms with Crippen LogP contribution in [0.4, 0.5) is 11.5 Å². The molecule has 0 saturated carbocycles. The normalized spacial score (nSPS) is 13.3. The fraction of sp³-hybridized carbons (Fsp3) is 0.154. The summed E-state index contributed by atoms with van der Waals surface area (Å²) in [5, 5.41) is 3.39. The van der Waals surface area contributed by atoms with Crippen LogP contribution in [0.1, 0.15) is 11.1 Å². The zero-order valence-electron chi connectivity index (χ0n) is 8.40. The van der Waals surface area contributed by atoms with E-state index < -0.39 is 0 Å². The van der Waals surface area contributed by atoms with Gasteiger partial charge in [-0.25, -0.2) is 4.98 Å². The smallest absolute Gasteiger partial charge is 0.133 e. The van der Waals surface area contributed by atoms with Gasteiger partial charge in [0.05, 0.1) is 0 Å². The molecule has 0 radical (unpaired) electrons. The van der Waals surface area contributed by atoms with Gasteiger partial charge in [-0.15, -0.1) is 0 Å². The number of hydrogen-bond acceptors (Lipinski definition) is 2. The van der Waals surface area contributed by atoms with Gasteiger partial charge < -0.3 is 5.32 Å². The van der Waals surface area contributed by atoms with Crippen LogP contribution in [0.15, 0.2) is 42.6 Å². The molecule has 0 atom stereocenters. The lowest BCUT2D eigenvalue weighted by Crippen LogP contribution is -1.95. The summed E-state index contributed by atoms with van der Waals surface area (Å²) in [6.45, 7) is 0. The number of nitrogens with one attached hydrogen (secondary N) is 1. The molecule has 0 spiro atoms. The minimum Gasteiger partial charge on any atom is -0.340 e. The summed E-state index contributed by atoms with van der Waals surface area (Å²) in [4.78, 5) is 4.37. The molecule has 1 aliphatic heterocycles. The maximum atomic E-state index is 4.37. The predicted octanol–water partition coefficient (Wildman–Crippen LogP) is 2.92. The van der Waals surface area contributed by atoms with Gasteiger partial charge in [-0.3, -0.25) is 0 Å². The van der Waals surface area contributed by atoms with E-state index in [4.69, 9.17) is 0 Å². The quantitative estimate of drug-likeness (QED) is 0.700. The highest BCUT2D eigenvalue weighted by Gasteiger charge is 2.11. The number of aryl methyl sites for hydroxylation is 2. The highest BCUT2D eigenvalue weighted by molar-refractivity contribution is 5.64. The first kappa shape index (κ1) is 8.48. The van der Waals surface area contributed by atoms with E-state index in [0.29, 0.717) is 0 Å². The van der Waals surface area contributed by atoms with Gasteiger partial charge in [0.25, 0.3) is 0 Å².